The Morgan fingerprint density at radius 2 is 2.00 bits per heavy atom. The fourth-order valence-corrected chi connectivity index (χ4v) is 2.30. The molecule has 1 aliphatic heterocycles. The van der Waals surface area contributed by atoms with E-state index in [9.17, 15) is 0 Å². The van der Waals surface area contributed by atoms with E-state index >= 15 is 0 Å². The van der Waals surface area contributed by atoms with Crippen LogP contribution in [0, 0.1) is 0 Å². The molecule has 0 saturated carbocycles. The van der Waals surface area contributed by atoms with Crippen molar-refractivity contribution in [3.63, 3.8) is 0 Å². The van der Waals surface area contributed by atoms with E-state index in [1.54, 1.807) is 0 Å². The Balaban J connectivity index is 2.15. The van der Waals surface area contributed by atoms with Crippen LogP contribution in [0.15, 0.2) is 30.3 Å². The predicted molar refractivity (Wildman–Crippen MR) is 58.9 cm³/mol. The van der Waals surface area contributed by atoms with E-state index < -0.39 is 0 Å². The molecule has 2 rings (SSSR count). The van der Waals surface area contributed by atoms with E-state index in [1.807, 2.05) is 18.2 Å². The van der Waals surface area contributed by atoms with Crippen molar-refractivity contribution in [2.45, 2.75) is 10.0 Å². The number of ether oxygens (including phenoxy) is 2. The van der Waals surface area contributed by atoms with Gasteiger partial charge in [0.1, 0.15) is 6.79 Å². The molecule has 0 spiro atoms. The fourth-order valence-electron chi connectivity index (χ4n) is 1.42. The summed E-state index contributed by atoms with van der Waals surface area (Å²) in [6.07, 6.45) is 0.190. The van der Waals surface area contributed by atoms with Gasteiger partial charge in [-0.2, -0.15) is 0 Å². The summed E-state index contributed by atoms with van der Waals surface area (Å²) < 4.78 is 11.2. The molecule has 13 heavy (non-hydrogen) atoms. The second-order valence-electron chi connectivity index (χ2n) is 3.00. The first kappa shape index (κ1) is 9.43. The van der Waals surface area contributed by atoms with Gasteiger partial charge in [0.15, 0.2) is 0 Å². The number of alkyl halides is 1. The standard InChI is InChI=1S/C10H11IO2/c11-9-6-12-7-13-10(9)8-4-2-1-3-5-8/h1-5,9-10H,6-7H2/t9-,10+/m0/s1. The van der Waals surface area contributed by atoms with Crippen molar-refractivity contribution in [2.75, 3.05) is 13.4 Å². The summed E-state index contributed by atoms with van der Waals surface area (Å²) in [5, 5.41) is 0. The molecule has 1 heterocycles. The molecular formula is C10H11IO2. The number of hydrogen-bond acceptors (Lipinski definition) is 2. The molecule has 2 atom stereocenters. The quantitative estimate of drug-likeness (QED) is 0.584. The SMILES string of the molecule is I[C@H]1COCO[C@@H]1c1ccccc1. The molecule has 0 N–H and O–H groups in total. The maximum absolute atomic E-state index is 5.55. The van der Waals surface area contributed by atoms with Gasteiger partial charge in [-0.3, -0.25) is 0 Å². The average molecular weight is 290 g/mol. The predicted octanol–water partition coefficient (Wildman–Crippen LogP) is 2.54. The molecule has 0 aromatic heterocycles. The zero-order valence-corrected chi connectivity index (χ0v) is 9.31. The maximum atomic E-state index is 5.55. The highest BCUT2D eigenvalue weighted by atomic mass is 127. The highest BCUT2D eigenvalue weighted by Gasteiger charge is 2.25. The molecule has 1 saturated heterocycles. The van der Waals surface area contributed by atoms with Gasteiger partial charge in [-0.15, -0.1) is 0 Å². The highest BCUT2D eigenvalue weighted by molar-refractivity contribution is 14.1. The van der Waals surface area contributed by atoms with Crippen LogP contribution in [0.3, 0.4) is 0 Å². The third-order valence-corrected chi connectivity index (χ3v) is 3.08. The smallest absolute Gasteiger partial charge is 0.147 e. The first-order chi connectivity index (χ1) is 6.38. The Labute approximate surface area is 91.4 Å². The van der Waals surface area contributed by atoms with Gasteiger partial charge in [0.2, 0.25) is 0 Å². The van der Waals surface area contributed by atoms with Crippen molar-refractivity contribution in [1.29, 1.82) is 0 Å². The summed E-state index contributed by atoms with van der Waals surface area (Å²) in [6.45, 7) is 1.19. The first-order valence-corrected chi connectivity index (χ1v) is 5.51. The molecule has 1 fully saturated rings. The largest absolute Gasteiger partial charge is 0.354 e. The molecule has 0 radical (unpaired) electrons. The minimum Gasteiger partial charge on any atom is -0.354 e. The Kier molecular flexibility index (Phi) is 3.18. The third-order valence-electron chi connectivity index (χ3n) is 2.06. The number of halogens is 1. The Morgan fingerprint density at radius 1 is 1.23 bits per heavy atom. The second-order valence-corrected chi connectivity index (χ2v) is 4.60. The molecule has 3 heteroatoms. The Hall–Kier alpha value is -0.130. The van der Waals surface area contributed by atoms with Crippen molar-refractivity contribution < 1.29 is 9.47 Å². The van der Waals surface area contributed by atoms with Gasteiger partial charge in [-0.05, 0) is 5.56 Å². The molecule has 0 unspecified atom stereocenters. The van der Waals surface area contributed by atoms with Crippen molar-refractivity contribution in [1.82, 2.24) is 0 Å². The van der Waals surface area contributed by atoms with Crippen molar-refractivity contribution in [3.05, 3.63) is 35.9 Å². The van der Waals surface area contributed by atoms with Gasteiger partial charge in [0, 0.05) is 0 Å². The van der Waals surface area contributed by atoms with Crippen LogP contribution in [0.1, 0.15) is 11.7 Å². The molecule has 1 aromatic rings. The number of hydrogen-bond donors (Lipinski definition) is 0. The summed E-state index contributed by atoms with van der Waals surface area (Å²) >= 11 is 2.37. The van der Waals surface area contributed by atoms with Crippen LogP contribution in [0.2, 0.25) is 0 Å². The zero-order valence-electron chi connectivity index (χ0n) is 7.15. The van der Waals surface area contributed by atoms with E-state index in [2.05, 4.69) is 34.7 Å². The van der Waals surface area contributed by atoms with Gasteiger partial charge in [-0.25, -0.2) is 0 Å². The second kappa shape index (κ2) is 4.39. The maximum Gasteiger partial charge on any atom is 0.147 e. The summed E-state index contributed by atoms with van der Waals surface area (Å²) in [7, 11) is 0. The normalized spacial score (nSPS) is 28.7. The topological polar surface area (TPSA) is 18.5 Å². The summed E-state index contributed by atoms with van der Waals surface area (Å²) in [6, 6.07) is 10.3. The Bertz CT molecular complexity index is 263. The summed E-state index contributed by atoms with van der Waals surface area (Å²) in [5.74, 6) is 0. The zero-order chi connectivity index (χ0) is 9.10. The van der Waals surface area contributed by atoms with Crippen LogP contribution >= 0.6 is 22.6 Å². The van der Waals surface area contributed by atoms with Gasteiger partial charge in [0.25, 0.3) is 0 Å². The lowest BCUT2D eigenvalue weighted by Gasteiger charge is -2.28. The highest BCUT2D eigenvalue weighted by Crippen LogP contribution is 2.29. The van der Waals surface area contributed by atoms with Crippen molar-refractivity contribution in [3.8, 4) is 0 Å². The molecule has 1 aliphatic rings. The average Bonchev–Trinajstić information content (AvgIpc) is 2.20. The Morgan fingerprint density at radius 3 is 2.69 bits per heavy atom. The van der Waals surface area contributed by atoms with E-state index in [0.29, 0.717) is 10.7 Å². The van der Waals surface area contributed by atoms with Gasteiger partial charge in [0.05, 0.1) is 16.6 Å². The minimum absolute atomic E-state index is 0.190. The summed E-state index contributed by atoms with van der Waals surface area (Å²) in [5.41, 5.74) is 1.24. The van der Waals surface area contributed by atoms with Crippen LogP contribution in [0.4, 0.5) is 0 Å². The van der Waals surface area contributed by atoms with Crippen LogP contribution in [0.25, 0.3) is 0 Å². The van der Waals surface area contributed by atoms with Crippen molar-refractivity contribution in [2.24, 2.45) is 0 Å². The fraction of sp³-hybridized carbons (Fsp3) is 0.400. The lowest BCUT2D eigenvalue weighted by atomic mass is 10.1. The number of benzene rings is 1. The molecule has 0 bridgehead atoms. The molecule has 0 amide bonds. The van der Waals surface area contributed by atoms with E-state index in [4.69, 9.17) is 9.47 Å². The lowest BCUT2D eigenvalue weighted by Crippen LogP contribution is -2.28. The number of rotatable bonds is 1. The van der Waals surface area contributed by atoms with Crippen LogP contribution < -0.4 is 0 Å². The molecule has 1 aromatic carbocycles. The van der Waals surface area contributed by atoms with Crippen LogP contribution in [-0.4, -0.2) is 17.3 Å². The van der Waals surface area contributed by atoms with Gasteiger partial charge in [-0.1, -0.05) is 52.9 Å². The van der Waals surface area contributed by atoms with Gasteiger partial charge < -0.3 is 9.47 Å². The van der Waals surface area contributed by atoms with E-state index in [0.717, 1.165) is 6.61 Å². The summed E-state index contributed by atoms with van der Waals surface area (Å²) in [4.78, 5) is 0. The molecular weight excluding hydrogens is 279 g/mol. The molecule has 70 valence electrons. The van der Waals surface area contributed by atoms with Gasteiger partial charge >= 0.3 is 0 Å². The molecule has 2 nitrogen and oxygen atoms in total. The van der Waals surface area contributed by atoms with Crippen molar-refractivity contribution >= 4 is 22.6 Å². The first-order valence-electron chi connectivity index (χ1n) is 4.26. The van der Waals surface area contributed by atoms with E-state index in [-0.39, 0.29) is 6.10 Å². The van der Waals surface area contributed by atoms with Crippen LogP contribution in [-0.2, 0) is 9.47 Å². The molecule has 0 aliphatic carbocycles. The van der Waals surface area contributed by atoms with E-state index in [1.165, 1.54) is 5.56 Å². The van der Waals surface area contributed by atoms with Crippen LogP contribution in [0.5, 0.6) is 0 Å². The third kappa shape index (κ3) is 2.21. The minimum atomic E-state index is 0.190. The monoisotopic (exact) mass is 290 g/mol. The lowest BCUT2D eigenvalue weighted by molar-refractivity contribution is -0.133.